The minimum atomic E-state index is -1.70. The van der Waals surface area contributed by atoms with Crippen LogP contribution in [0.1, 0.15) is 57.9 Å². The summed E-state index contributed by atoms with van der Waals surface area (Å²) in [7, 11) is 2.49. The van der Waals surface area contributed by atoms with E-state index in [-0.39, 0.29) is 5.04 Å². The van der Waals surface area contributed by atoms with E-state index in [4.69, 9.17) is 4.43 Å². The lowest BCUT2D eigenvalue weighted by Gasteiger charge is -2.43. The summed E-state index contributed by atoms with van der Waals surface area (Å²) in [5.74, 6) is 0.564. The van der Waals surface area contributed by atoms with Gasteiger partial charge in [0.1, 0.15) is 0 Å². The van der Waals surface area contributed by atoms with Crippen LogP contribution in [0.3, 0.4) is 0 Å². The van der Waals surface area contributed by atoms with Gasteiger partial charge in [-0.25, -0.2) is 0 Å². The third-order valence-corrected chi connectivity index (χ3v) is 10.3. The highest BCUT2D eigenvalue weighted by Crippen LogP contribution is 2.42. The van der Waals surface area contributed by atoms with Gasteiger partial charge in [0.05, 0.1) is 6.10 Å². The van der Waals surface area contributed by atoms with Crippen LogP contribution < -0.4 is 4.90 Å². The molecule has 0 N–H and O–H groups in total. The van der Waals surface area contributed by atoms with Gasteiger partial charge in [0, 0.05) is 25.7 Å². The molecule has 23 heavy (non-hydrogen) atoms. The van der Waals surface area contributed by atoms with Gasteiger partial charge in [0.25, 0.3) is 0 Å². The lowest BCUT2D eigenvalue weighted by atomic mass is 9.82. The first-order valence-corrected chi connectivity index (χ1v) is 12.0. The standard InChI is InChI=1S/C20H35NOSi/c1-20(2,3)23(6,7)22-19-11-9-8-10-18(19)16-12-14-17(15-13-16)21(4)5/h12-15,18-19H,8-11H2,1-7H3/t18-,19+/m0/s1. The van der Waals surface area contributed by atoms with Crippen LogP contribution in [-0.4, -0.2) is 28.5 Å². The van der Waals surface area contributed by atoms with Crippen molar-refractivity contribution in [2.45, 2.75) is 76.6 Å². The average molecular weight is 334 g/mol. The topological polar surface area (TPSA) is 12.5 Å². The van der Waals surface area contributed by atoms with Gasteiger partial charge in [-0.1, -0.05) is 45.7 Å². The Kier molecular flexibility index (Phi) is 5.62. The lowest BCUT2D eigenvalue weighted by Crippen LogP contribution is -2.46. The summed E-state index contributed by atoms with van der Waals surface area (Å²) >= 11 is 0. The third-order valence-electron chi connectivity index (χ3n) is 5.79. The highest BCUT2D eigenvalue weighted by atomic mass is 28.4. The summed E-state index contributed by atoms with van der Waals surface area (Å²) in [5, 5.41) is 0.282. The zero-order valence-electron chi connectivity index (χ0n) is 16.1. The molecule has 0 aromatic heterocycles. The quantitative estimate of drug-likeness (QED) is 0.646. The first-order valence-electron chi connectivity index (χ1n) is 9.07. The fraction of sp³-hybridized carbons (Fsp3) is 0.700. The zero-order valence-corrected chi connectivity index (χ0v) is 17.1. The van der Waals surface area contributed by atoms with Crippen LogP contribution >= 0.6 is 0 Å². The number of anilines is 1. The first-order chi connectivity index (χ1) is 10.6. The molecule has 0 heterocycles. The van der Waals surface area contributed by atoms with E-state index >= 15 is 0 Å². The summed E-state index contributed by atoms with van der Waals surface area (Å²) in [4.78, 5) is 2.16. The maximum atomic E-state index is 6.82. The maximum Gasteiger partial charge on any atom is 0.192 e. The number of rotatable bonds is 4. The number of hydrogen-bond donors (Lipinski definition) is 0. The summed E-state index contributed by atoms with van der Waals surface area (Å²) in [5.41, 5.74) is 2.73. The van der Waals surface area contributed by atoms with Crippen molar-refractivity contribution in [2.75, 3.05) is 19.0 Å². The van der Waals surface area contributed by atoms with E-state index < -0.39 is 8.32 Å². The van der Waals surface area contributed by atoms with E-state index in [2.05, 4.69) is 77.1 Å². The van der Waals surface area contributed by atoms with Gasteiger partial charge < -0.3 is 9.33 Å². The SMILES string of the molecule is CN(C)c1ccc([C@@H]2CCCC[C@H]2O[Si](C)(C)C(C)(C)C)cc1. The molecule has 2 atom stereocenters. The third kappa shape index (κ3) is 4.39. The van der Waals surface area contributed by atoms with Gasteiger partial charge in [-0.05, 0) is 48.7 Å². The highest BCUT2D eigenvalue weighted by Gasteiger charge is 2.41. The van der Waals surface area contributed by atoms with Gasteiger partial charge in [-0.15, -0.1) is 0 Å². The van der Waals surface area contributed by atoms with E-state index in [1.807, 2.05) is 0 Å². The smallest absolute Gasteiger partial charge is 0.192 e. The normalized spacial score (nSPS) is 22.9. The van der Waals surface area contributed by atoms with Gasteiger partial charge in [-0.3, -0.25) is 0 Å². The van der Waals surface area contributed by atoms with Gasteiger partial charge in [0.2, 0.25) is 0 Å². The molecule has 1 aliphatic carbocycles. The van der Waals surface area contributed by atoms with Crippen LogP contribution in [0.5, 0.6) is 0 Å². The van der Waals surface area contributed by atoms with E-state index in [1.54, 1.807) is 0 Å². The molecule has 0 bridgehead atoms. The minimum Gasteiger partial charge on any atom is -0.413 e. The van der Waals surface area contributed by atoms with Crippen LogP contribution in [0.4, 0.5) is 5.69 Å². The van der Waals surface area contributed by atoms with Crippen LogP contribution in [0.15, 0.2) is 24.3 Å². The van der Waals surface area contributed by atoms with Crippen molar-refractivity contribution in [3.05, 3.63) is 29.8 Å². The van der Waals surface area contributed by atoms with Crippen LogP contribution in [0.25, 0.3) is 0 Å². The van der Waals surface area contributed by atoms with Gasteiger partial charge in [0.15, 0.2) is 8.32 Å². The largest absolute Gasteiger partial charge is 0.413 e. The maximum absolute atomic E-state index is 6.82. The second-order valence-electron chi connectivity index (χ2n) is 8.79. The van der Waals surface area contributed by atoms with Crippen molar-refractivity contribution in [1.29, 1.82) is 0 Å². The molecule has 0 aliphatic heterocycles. The second-order valence-corrected chi connectivity index (χ2v) is 13.5. The van der Waals surface area contributed by atoms with E-state index in [1.165, 1.54) is 36.9 Å². The van der Waals surface area contributed by atoms with Crippen LogP contribution in [0, 0.1) is 0 Å². The van der Waals surface area contributed by atoms with E-state index in [0.29, 0.717) is 12.0 Å². The summed E-state index contributed by atoms with van der Waals surface area (Å²) in [6, 6.07) is 9.11. The Hall–Kier alpha value is -0.803. The molecule has 1 aromatic carbocycles. The average Bonchev–Trinajstić information content (AvgIpc) is 2.46. The summed E-state index contributed by atoms with van der Waals surface area (Å²) < 4.78 is 6.82. The number of hydrogen-bond acceptors (Lipinski definition) is 2. The Morgan fingerprint density at radius 3 is 2.09 bits per heavy atom. The van der Waals surface area contributed by atoms with E-state index in [0.717, 1.165) is 0 Å². The molecule has 0 amide bonds. The van der Waals surface area contributed by atoms with Crippen LogP contribution in [0.2, 0.25) is 18.1 Å². The zero-order chi connectivity index (χ0) is 17.3. The molecule has 0 radical (unpaired) electrons. The van der Waals surface area contributed by atoms with E-state index in [9.17, 15) is 0 Å². The predicted octanol–water partition coefficient (Wildman–Crippen LogP) is 5.80. The molecule has 130 valence electrons. The second kappa shape index (κ2) is 6.98. The Morgan fingerprint density at radius 1 is 1.00 bits per heavy atom. The van der Waals surface area contributed by atoms with Crippen molar-refractivity contribution >= 4 is 14.0 Å². The number of nitrogens with zero attached hydrogens (tertiary/aromatic N) is 1. The van der Waals surface area contributed by atoms with Crippen molar-refractivity contribution in [1.82, 2.24) is 0 Å². The molecule has 3 heteroatoms. The Bertz CT molecular complexity index is 501. The minimum absolute atomic E-state index is 0.282. The van der Waals surface area contributed by atoms with Gasteiger partial charge >= 0.3 is 0 Å². The molecule has 1 aliphatic rings. The first kappa shape index (κ1) is 18.5. The van der Waals surface area contributed by atoms with Crippen molar-refractivity contribution in [2.24, 2.45) is 0 Å². The molecule has 1 fully saturated rings. The fourth-order valence-electron chi connectivity index (χ4n) is 3.19. The fourth-order valence-corrected chi connectivity index (χ4v) is 4.59. The molecule has 1 saturated carbocycles. The molecule has 0 unspecified atom stereocenters. The highest BCUT2D eigenvalue weighted by molar-refractivity contribution is 6.74. The van der Waals surface area contributed by atoms with Crippen molar-refractivity contribution in [3.8, 4) is 0 Å². The summed E-state index contributed by atoms with van der Waals surface area (Å²) in [6.07, 6.45) is 5.52. The number of benzene rings is 1. The molecular formula is C20H35NOSi. The Morgan fingerprint density at radius 2 is 1.57 bits per heavy atom. The molecule has 2 nitrogen and oxygen atoms in total. The van der Waals surface area contributed by atoms with Gasteiger partial charge in [-0.2, -0.15) is 0 Å². The predicted molar refractivity (Wildman–Crippen MR) is 104 cm³/mol. The van der Waals surface area contributed by atoms with Crippen molar-refractivity contribution in [3.63, 3.8) is 0 Å². The molecule has 2 rings (SSSR count). The Labute approximate surface area is 144 Å². The lowest BCUT2D eigenvalue weighted by molar-refractivity contribution is 0.114. The molecular weight excluding hydrogens is 298 g/mol. The van der Waals surface area contributed by atoms with Crippen molar-refractivity contribution < 1.29 is 4.43 Å². The molecule has 0 spiro atoms. The molecule has 1 aromatic rings. The summed E-state index contributed by atoms with van der Waals surface area (Å²) in [6.45, 7) is 11.8. The Balaban J connectivity index is 2.18. The monoisotopic (exact) mass is 333 g/mol. The van der Waals surface area contributed by atoms with Crippen LogP contribution in [-0.2, 0) is 4.43 Å². The molecule has 0 saturated heterocycles.